The zero-order valence-electron chi connectivity index (χ0n) is 11.8. The molecule has 102 valence electrons. The first-order valence-electron chi connectivity index (χ1n) is 6.50. The van der Waals surface area contributed by atoms with Crippen LogP contribution in [0.5, 0.6) is 5.75 Å². The summed E-state index contributed by atoms with van der Waals surface area (Å²) in [5, 5.41) is 9.48. The number of rotatable bonds is 7. The van der Waals surface area contributed by atoms with Crippen molar-refractivity contribution < 1.29 is 14.6 Å². The summed E-state index contributed by atoms with van der Waals surface area (Å²) >= 11 is 0. The normalized spacial score (nSPS) is 12.8. The van der Waals surface area contributed by atoms with E-state index in [1.807, 2.05) is 25.1 Å². The fraction of sp³-hybridized carbons (Fsp3) is 0.600. The average Bonchev–Trinajstić information content (AvgIpc) is 2.29. The van der Waals surface area contributed by atoms with E-state index < -0.39 is 6.10 Å². The van der Waals surface area contributed by atoms with Crippen LogP contribution in [0.1, 0.15) is 38.0 Å². The average molecular weight is 252 g/mol. The molecule has 0 spiro atoms. The van der Waals surface area contributed by atoms with Gasteiger partial charge in [-0.05, 0) is 43.0 Å². The highest BCUT2D eigenvalue weighted by molar-refractivity contribution is 5.36. The van der Waals surface area contributed by atoms with Crippen LogP contribution in [0.3, 0.4) is 0 Å². The minimum atomic E-state index is -0.438. The number of aryl methyl sites for hydroxylation is 1. The molecule has 1 aromatic rings. The van der Waals surface area contributed by atoms with E-state index in [0.29, 0.717) is 19.1 Å². The molecule has 1 atom stereocenters. The van der Waals surface area contributed by atoms with E-state index in [9.17, 15) is 5.11 Å². The predicted octanol–water partition coefficient (Wildman–Crippen LogP) is 3.10. The minimum absolute atomic E-state index is 0.438. The van der Waals surface area contributed by atoms with Gasteiger partial charge >= 0.3 is 0 Å². The Hall–Kier alpha value is -1.06. The summed E-state index contributed by atoms with van der Waals surface area (Å²) in [5.74, 6) is 1.41. The topological polar surface area (TPSA) is 38.7 Å². The molecule has 0 fully saturated rings. The molecule has 0 aliphatic carbocycles. The van der Waals surface area contributed by atoms with Gasteiger partial charge in [-0.15, -0.1) is 0 Å². The molecular formula is C15H24O3. The maximum Gasteiger partial charge on any atom is 0.122 e. The van der Waals surface area contributed by atoms with Gasteiger partial charge < -0.3 is 14.6 Å². The summed E-state index contributed by atoms with van der Waals surface area (Å²) < 4.78 is 11.1. The van der Waals surface area contributed by atoms with E-state index in [-0.39, 0.29) is 0 Å². The molecule has 0 saturated carbocycles. The maximum atomic E-state index is 9.48. The van der Waals surface area contributed by atoms with E-state index in [1.165, 1.54) is 0 Å². The van der Waals surface area contributed by atoms with Crippen LogP contribution < -0.4 is 4.74 Å². The molecule has 1 N–H and O–H groups in total. The van der Waals surface area contributed by atoms with Gasteiger partial charge in [0, 0.05) is 6.61 Å². The molecule has 0 radical (unpaired) electrons. The van der Waals surface area contributed by atoms with Crippen molar-refractivity contribution in [3.63, 3.8) is 0 Å². The lowest BCUT2D eigenvalue weighted by atomic mass is 10.1. The zero-order valence-corrected chi connectivity index (χ0v) is 11.8. The standard InChI is InChI=1S/C15H24O3/c1-11(2)10-17-7-8-18-15-6-5-14(13(4)16)9-12(15)3/h5-6,9,11,13,16H,7-8,10H2,1-4H3/t13-/m0/s1. The van der Waals surface area contributed by atoms with Crippen LogP contribution in [-0.2, 0) is 4.74 Å². The van der Waals surface area contributed by atoms with Crippen LogP contribution in [0, 0.1) is 12.8 Å². The third kappa shape index (κ3) is 5.07. The van der Waals surface area contributed by atoms with Gasteiger partial charge in [-0.25, -0.2) is 0 Å². The van der Waals surface area contributed by atoms with E-state index in [0.717, 1.165) is 23.5 Å². The first kappa shape index (κ1) is 15.0. The van der Waals surface area contributed by atoms with Crippen molar-refractivity contribution in [2.75, 3.05) is 19.8 Å². The van der Waals surface area contributed by atoms with Crippen LogP contribution in [0.15, 0.2) is 18.2 Å². The number of aliphatic hydroxyl groups excluding tert-OH is 1. The quantitative estimate of drug-likeness (QED) is 0.758. The van der Waals surface area contributed by atoms with E-state index in [2.05, 4.69) is 13.8 Å². The monoisotopic (exact) mass is 252 g/mol. The maximum absolute atomic E-state index is 9.48. The molecule has 0 aliphatic rings. The Morgan fingerprint density at radius 1 is 1.17 bits per heavy atom. The fourth-order valence-corrected chi connectivity index (χ4v) is 1.62. The predicted molar refractivity (Wildman–Crippen MR) is 73.0 cm³/mol. The zero-order chi connectivity index (χ0) is 13.5. The highest BCUT2D eigenvalue weighted by Crippen LogP contribution is 2.22. The molecule has 0 aromatic heterocycles. The highest BCUT2D eigenvalue weighted by atomic mass is 16.5. The third-order valence-electron chi connectivity index (χ3n) is 2.62. The molecule has 0 bridgehead atoms. The van der Waals surface area contributed by atoms with Gasteiger partial charge in [-0.2, -0.15) is 0 Å². The Labute approximate surface area is 110 Å². The Kier molecular flexibility index (Phi) is 6.16. The van der Waals surface area contributed by atoms with Crippen LogP contribution in [0.25, 0.3) is 0 Å². The lowest BCUT2D eigenvalue weighted by Gasteiger charge is -2.12. The SMILES string of the molecule is Cc1cc([C@H](C)O)ccc1OCCOCC(C)C. The van der Waals surface area contributed by atoms with E-state index >= 15 is 0 Å². The van der Waals surface area contributed by atoms with Crippen LogP contribution in [0.2, 0.25) is 0 Å². The Morgan fingerprint density at radius 2 is 1.89 bits per heavy atom. The summed E-state index contributed by atoms with van der Waals surface area (Å²) in [6.07, 6.45) is -0.438. The summed E-state index contributed by atoms with van der Waals surface area (Å²) in [6, 6.07) is 5.75. The molecule has 0 heterocycles. The smallest absolute Gasteiger partial charge is 0.122 e. The first-order chi connectivity index (χ1) is 8.50. The van der Waals surface area contributed by atoms with Gasteiger partial charge in [0.2, 0.25) is 0 Å². The molecule has 3 heteroatoms. The van der Waals surface area contributed by atoms with Gasteiger partial charge in [0.15, 0.2) is 0 Å². The fourth-order valence-electron chi connectivity index (χ4n) is 1.62. The third-order valence-corrected chi connectivity index (χ3v) is 2.62. The van der Waals surface area contributed by atoms with Gasteiger partial charge in [-0.1, -0.05) is 19.9 Å². The second-order valence-corrected chi connectivity index (χ2v) is 5.02. The van der Waals surface area contributed by atoms with Crippen molar-refractivity contribution in [2.45, 2.75) is 33.8 Å². The second kappa shape index (κ2) is 7.39. The molecule has 0 amide bonds. The van der Waals surface area contributed by atoms with E-state index in [4.69, 9.17) is 9.47 Å². The summed E-state index contributed by atoms with van der Waals surface area (Å²) in [4.78, 5) is 0. The molecule has 1 aromatic carbocycles. The van der Waals surface area contributed by atoms with Crippen molar-refractivity contribution in [3.8, 4) is 5.75 Å². The second-order valence-electron chi connectivity index (χ2n) is 5.02. The lowest BCUT2D eigenvalue weighted by molar-refractivity contribution is 0.0817. The van der Waals surface area contributed by atoms with Gasteiger partial charge in [0.05, 0.1) is 12.7 Å². The van der Waals surface area contributed by atoms with Crippen LogP contribution >= 0.6 is 0 Å². The van der Waals surface area contributed by atoms with E-state index in [1.54, 1.807) is 6.92 Å². The summed E-state index contributed by atoms with van der Waals surface area (Å²) in [7, 11) is 0. The van der Waals surface area contributed by atoms with Gasteiger partial charge in [0.1, 0.15) is 12.4 Å². The van der Waals surface area contributed by atoms with Crippen molar-refractivity contribution in [1.29, 1.82) is 0 Å². The lowest BCUT2D eigenvalue weighted by Crippen LogP contribution is -2.10. The van der Waals surface area contributed by atoms with Gasteiger partial charge in [0.25, 0.3) is 0 Å². The van der Waals surface area contributed by atoms with Crippen LogP contribution in [-0.4, -0.2) is 24.9 Å². The van der Waals surface area contributed by atoms with Crippen molar-refractivity contribution in [1.82, 2.24) is 0 Å². The minimum Gasteiger partial charge on any atom is -0.491 e. The highest BCUT2D eigenvalue weighted by Gasteiger charge is 2.05. The number of hydrogen-bond acceptors (Lipinski definition) is 3. The molecule has 0 unspecified atom stereocenters. The van der Waals surface area contributed by atoms with Crippen LogP contribution in [0.4, 0.5) is 0 Å². The summed E-state index contributed by atoms with van der Waals surface area (Å²) in [6.45, 7) is 9.92. The molecule has 18 heavy (non-hydrogen) atoms. The number of hydrogen-bond donors (Lipinski definition) is 1. The Morgan fingerprint density at radius 3 is 2.44 bits per heavy atom. The summed E-state index contributed by atoms with van der Waals surface area (Å²) in [5.41, 5.74) is 1.95. The number of benzene rings is 1. The van der Waals surface area contributed by atoms with Crippen molar-refractivity contribution in [3.05, 3.63) is 29.3 Å². The number of ether oxygens (including phenoxy) is 2. The molecule has 0 aliphatic heterocycles. The Balaban J connectivity index is 2.39. The molecule has 1 rings (SSSR count). The number of aliphatic hydroxyl groups is 1. The van der Waals surface area contributed by atoms with Crippen molar-refractivity contribution in [2.24, 2.45) is 5.92 Å². The van der Waals surface area contributed by atoms with Gasteiger partial charge in [-0.3, -0.25) is 0 Å². The largest absolute Gasteiger partial charge is 0.491 e. The van der Waals surface area contributed by atoms with Crippen molar-refractivity contribution >= 4 is 0 Å². The molecule has 0 saturated heterocycles. The molecule has 3 nitrogen and oxygen atoms in total. The molecular weight excluding hydrogens is 228 g/mol. The first-order valence-corrected chi connectivity index (χ1v) is 6.50. The Bertz CT molecular complexity index is 359.